The molecule has 0 saturated carbocycles. The highest BCUT2D eigenvalue weighted by Crippen LogP contribution is 2.36. The first kappa shape index (κ1) is 35.9. The third-order valence-corrected chi connectivity index (χ3v) is 11.3. The number of fused-ring (bicyclic) bond motifs is 2. The molecule has 11 nitrogen and oxygen atoms in total. The van der Waals surface area contributed by atoms with Crippen molar-refractivity contribution in [1.29, 1.82) is 0 Å². The number of nitrogens with zero attached hydrogens (tertiary/aromatic N) is 4. The third kappa shape index (κ3) is 7.24. The van der Waals surface area contributed by atoms with Gasteiger partial charge in [-0.3, -0.25) is 9.59 Å². The fraction of sp³-hybridized carbons (Fsp3) is 0.239. The van der Waals surface area contributed by atoms with E-state index in [1.165, 1.54) is 7.11 Å². The second kappa shape index (κ2) is 15.4. The molecule has 11 heteroatoms. The zero-order chi connectivity index (χ0) is 38.9. The molecule has 2 aromatic heterocycles. The van der Waals surface area contributed by atoms with Gasteiger partial charge in [-0.15, -0.1) is 0 Å². The lowest BCUT2D eigenvalue weighted by atomic mass is 9.99. The Kier molecular flexibility index (Phi) is 9.71. The molecule has 57 heavy (non-hydrogen) atoms. The molecule has 3 N–H and O–H groups in total. The molecular formula is C46H43N7O4. The highest BCUT2D eigenvalue weighted by molar-refractivity contribution is 5.92. The monoisotopic (exact) mass is 757 g/mol. The Morgan fingerprint density at radius 3 is 2.16 bits per heavy atom. The van der Waals surface area contributed by atoms with Crippen molar-refractivity contribution >= 4 is 39.7 Å². The number of alkyl carbamates (subject to hydrolysis) is 1. The van der Waals surface area contributed by atoms with Gasteiger partial charge in [-0.2, -0.15) is 0 Å². The van der Waals surface area contributed by atoms with Crippen LogP contribution in [0, 0.1) is 0 Å². The van der Waals surface area contributed by atoms with Gasteiger partial charge in [0.2, 0.25) is 5.91 Å². The van der Waals surface area contributed by atoms with E-state index < -0.39 is 12.1 Å². The van der Waals surface area contributed by atoms with Gasteiger partial charge >= 0.3 is 6.09 Å². The van der Waals surface area contributed by atoms with Crippen molar-refractivity contribution in [2.24, 2.45) is 0 Å². The largest absolute Gasteiger partial charge is 0.453 e. The number of aromatic nitrogens is 4. The second-order valence-corrected chi connectivity index (χ2v) is 14.9. The zero-order valence-corrected chi connectivity index (χ0v) is 31.7. The van der Waals surface area contributed by atoms with Crippen molar-refractivity contribution in [3.63, 3.8) is 0 Å². The highest BCUT2D eigenvalue weighted by Gasteiger charge is 2.37. The summed E-state index contributed by atoms with van der Waals surface area (Å²) < 4.78 is 4.84. The Bertz CT molecular complexity index is 2580. The maximum absolute atomic E-state index is 13.9. The fourth-order valence-electron chi connectivity index (χ4n) is 8.42. The van der Waals surface area contributed by atoms with Gasteiger partial charge in [-0.05, 0) is 83.0 Å². The van der Waals surface area contributed by atoms with E-state index >= 15 is 0 Å². The minimum atomic E-state index is -0.872. The number of aromatic amines is 2. The molecule has 7 aromatic rings. The molecule has 0 bridgehead atoms. The predicted molar refractivity (Wildman–Crippen MR) is 219 cm³/mol. The van der Waals surface area contributed by atoms with Gasteiger partial charge in [0.25, 0.3) is 5.91 Å². The first-order valence-corrected chi connectivity index (χ1v) is 19.5. The van der Waals surface area contributed by atoms with Gasteiger partial charge in [-0.25, -0.2) is 14.8 Å². The van der Waals surface area contributed by atoms with Crippen molar-refractivity contribution in [3.8, 4) is 22.4 Å². The average Bonchev–Trinajstić information content (AvgIpc) is 4.09. The van der Waals surface area contributed by atoms with E-state index in [9.17, 15) is 14.4 Å². The summed E-state index contributed by atoms with van der Waals surface area (Å²) in [5.74, 6) is 1.49. The Balaban J connectivity index is 0.912. The molecule has 0 radical (unpaired) electrons. The number of imidazole rings is 2. The summed E-state index contributed by atoms with van der Waals surface area (Å²) >= 11 is 0. The second-order valence-electron chi connectivity index (χ2n) is 14.9. The van der Waals surface area contributed by atoms with Gasteiger partial charge < -0.3 is 29.8 Å². The molecule has 3 amide bonds. The van der Waals surface area contributed by atoms with Crippen molar-refractivity contribution in [3.05, 3.63) is 144 Å². The quantitative estimate of drug-likeness (QED) is 0.135. The molecule has 286 valence electrons. The number of rotatable bonds is 9. The standard InChI is InChI=1S/C46H43N7O4/c1-57-46(56)51-42(30-12-6-3-7-13-30)45(55)53-23-9-14-39(53)43-47-28-38(50-43)35-19-18-31-25-32(16-17-33(31)26-35)34-20-21-36-37(27-34)49-44(48-36)40-15-8-22-52(40)41(54)24-29-10-4-2-5-11-29/h2-7,10-13,16-21,25-28,39-40,42H,8-9,14-15,22-24H2,1H3,(H,47,50)(H,48,49)(H,51,56)/t39-,40-,42-/m0/s1. The predicted octanol–water partition coefficient (Wildman–Crippen LogP) is 8.44. The van der Waals surface area contributed by atoms with Crippen LogP contribution in [0.3, 0.4) is 0 Å². The molecule has 5 aromatic carbocycles. The van der Waals surface area contributed by atoms with Crippen LogP contribution >= 0.6 is 0 Å². The van der Waals surface area contributed by atoms with Crippen molar-refractivity contribution in [2.45, 2.75) is 50.2 Å². The first-order chi connectivity index (χ1) is 27.9. The molecule has 2 aliphatic heterocycles. The Labute approximate surface area is 330 Å². The van der Waals surface area contributed by atoms with Crippen LogP contribution in [0.5, 0.6) is 0 Å². The molecule has 0 aliphatic carbocycles. The number of H-pyrrole nitrogens is 2. The molecule has 9 rings (SSSR count). The van der Waals surface area contributed by atoms with Crippen LogP contribution in [-0.2, 0) is 20.7 Å². The maximum atomic E-state index is 13.9. The fourth-order valence-corrected chi connectivity index (χ4v) is 8.42. The van der Waals surface area contributed by atoms with Crippen molar-refractivity contribution in [2.75, 3.05) is 20.2 Å². The minimum absolute atomic E-state index is 0.0557. The highest BCUT2D eigenvalue weighted by atomic mass is 16.5. The smallest absolute Gasteiger partial charge is 0.407 e. The summed E-state index contributed by atoms with van der Waals surface area (Å²) in [5.41, 5.74) is 7.59. The van der Waals surface area contributed by atoms with Crippen LogP contribution in [0.25, 0.3) is 44.2 Å². The molecular weight excluding hydrogens is 715 g/mol. The lowest BCUT2D eigenvalue weighted by Gasteiger charge is -2.28. The summed E-state index contributed by atoms with van der Waals surface area (Å²) in [6.45, 7) is 1.31. The number of hydrogen-bond donors (Lipinski definition) is 3. The molecule has 2 fully saturated rings. The Morgan fingerprint density at radius 2 is 1.40 bits per heavy atom. The first-order valence-electron chi connectivity index (χ1n) is 19.5. The van der Waals surface area contributed by atoms with E-state index in [4.69, 9.17) is 14.7 Å². The number of amides is 3. The lowest BCUT2D eigenvalue weighted by molar-refractivity contribution is -0.134. The van der Waals surface area contributed by atoms with Crippen LogP contribution in [0.2, 0.25) is 0 Å². The number of hydrogen-bond acceptors (Lipinski definition) is 6. The number of carbonyl (C=O) groups excluding carboxylic acids is 3. The van der Waals surface area contributed by atoms with Gasteiger partial charge in [0.05, 0.1) is 48.5 Å². The third-order valence-electron chi connectivity index (χ3n) is 11.3. The summed E-state index contributed by atoms with van der Waals surface area (Å²) in [5, 5.41) is 4.93. The summed E-state index contributed by atoms with van der Waals surface area (Å²) in [6.07, 6.45) is 5.00. The van der Waals surface area contributed by atoms with E-state index in [1.54, 1.807) is 4.90 Å². The van der Waals surface area contributed by atoms with E-state index in [0.29, 0.717) is 24.4 Å². The number of nitrogens with one attached hydrogen (secondary N) is 3. The van der Waals surface area contributed by atoms with Crippen LogP contribution in [0.15, 0.2) is 121 Å². The maximum Gasteiger partial charge on any atom is 0.407 e. The number of methoxy groups -OCH3 is 1. The Morgan fingerprint density at radius 1 is 0.754 bits per heavy atom. The average molecular weight is 758 g/mol. The van der Waals surface area contributed by atoms with Crippen LogP contribution in [0.1, 0.15) is 66.6 Å². The SMILES string of the molecule is COC(=O)N[C@H](C(=O)N1CCC[C@H]1c1ncc(-c2ccc3cc(-c4ccc5nc([C@@H]6CCCN6C(=O)Cc6ccccc6)[nH]c5c4)ccc3c2)[nH]1)c1ccccc1. The van der Waals surface area contributed by atoms with Crippen molar-refractivity contribution in [1.82, 2.24) is 35.1 Å². The minimum Gasteiger partial charge on any atom is -0.453 e. The topological polar surface area (TPSA) is 136 Å². The normalized spacial score (nSPS) is 17.3. The van der Waals surface area contributed by atoms with Gasteiger partial charge in [0.15, 0.2) is 0 Å². The zero-order valence-electron chi connectivity index (χ0n) is 31.7. The molecule has 2 saturated heterocycles. The van der Waals surface area contributed by atoms with Gasteiger partial charge in [-0.1, -0.05) is 91.0 Å². The summed E-state index contributed by atoms with van der Waals surface area (Å²) in [6, 6.07) is 37.1. The van der Waals surface area contributed by atoms with E-state index in [1.807, 2.05) is 71.8 Å². The molecule has 4 heterocycles. The van der Waals surface area contributed by atoms with Crippen molar-refractivity contribution < 1.29 is 19.1 Å². The van der Waals surface area contributed by atoms with Crippen LogP contribution in [-0.4, -0.2) is 67.8 Å². The summed E-state index contributed by atoms with van der Waals surface area (Å²) in [7, 11) is 1.29. The van der Waals surface area contributed by atoms with Gasteiger partial charge in [0, 0.05) is 18.7 Å². The summed E-state index contributed by atoms with van der Waals surface area (Å²) in [4.78, 5) is 60.0. The molecule has 0 spiro atoms. The number of carbonyl (C=O) groups is 3. The van der Waals surface area contributed by atoms with Crippen LogP contribution in [0.4, 0.5) is 4.79 Å². The molecule has 0 unspecified atom stereocenters. The van der Waals surface area contributed by atoms with E-state index in [2.05, 4.69) is 69.9 Å². The molecule has 2 aliphatic rings. The van der Waals surface area contributed by atoms with E-state index in [-0.39, 0.29) is 23.9 Å². The number of likely N-dealkylation sites (tertiary alicyclic amines) is 2. The number of ether oxygens (including phenoxy) is 1. The Hall–Kier alpha value is -6.75. The lowest BCUT2D eigenvalue weighted by Crippen LogP contribution is -2.42. The number of benzene rings is 5. The van der Waals surface area contributed by atoms with E-state index in [0.717, 1.165) is 87.8 Å². The van der Waals surface area contributed by atoms with Crippen LogP contribution < -0.4 is 5.32 Å². The van der Waals surface area contributed by atoms with Gasteiger partial charge in [0.1, 0.15) is 17.7 Å². The molecule has 3 atom stereocenters.